The molecule has 5 rings (SSSR count). The smallest absolute Gasteiger partial charge is 0.302 e. The molecule has 0 aromatic carbocycles. The van der Waals surface area contributed by atoms with Gasteiger partial charge in [0.2, 0.25) is 0 Å². The minimum absolute atomic E-state index is 0.0281. The second-order valence-electron chi connectivity index (χ2n) is 16.1. The summed E-state index contributed by atoms with van der Waals surface area (Å²) in [5, 5.41) is 11.2. The first-order chi connectivity index (χ1) is 16.0. The maximum Gasteiger partial charge on any atom is 0.302 e. The molecular weight excluding hydrogens is 432 g/mol. The molecule has 3 heteroatoms. The molecule has 5 saturated carbocycles. The SMILES string of the molecule is CC(=O)O[C@H]1CC[C@]2(C)[C@H]3CC[C@@H]4[C@H]5[C@H](C(C)(C)O)CC[C@]5(C)CC[C@@]4(C)[C@]3(C)CC[C@H]2C1(C)C. The van der Waals surface area contributed by atoms with Crippen LogP contribution in [0.2, 0.25) is 0 Å². The number of fused-ring (bicyclic) bond motifs is 7. The maximum absolute atomic E-state index is 11.9. The molecule has 0 heterocycles. The molecule has 0 radical (unpaired) electrons. The van der Waals surface area contributed by atoms with E-state index in [9.17, 15) is 9.90 Å². The molecule has 10 atom stereocenters. The Kier molecular flexibility index (Phi) is 5.76. The Labute approximate surface area is 215 Å². The van der Waals surface area contributed by atoms with Crippen LogP contribution in [0.25, 0.3) is 0 Å². The lowest BCUT2D eigenvalue weighted by molar-refractivity contribution is -0.252. The molecule has 0 amide bonds. The van der Waals surface area contributed by atoms with Crippen molar-refractivity contribution < 1.29 is 14.6 Å². The lowest BCUT2D eigenvalue weighted by Gasteiger charge is -2.73. The van der Waals surface area contributed by atoms with Gasteiger partial charge in [-0.2, -0.15) is 0 Å². The number of ether oxygens (including phenoxy) is 1. The Balaban J connectivity index is 1.50. The first-order valence-corrected chi connectivity index (χ1v) is 14.9. The van der Waals surface area contributed by atoms with Crippen LogP contribution in [-0.2, 0) is 9.53 Å². The average molecular weight is 487 g/mol. The van der Waals surface area contributed by atoms with Gasteiger partial charge in [-0.1, -0.05) is 41.5 Å². The fourth-order valence-corrected chi connectivity index (χ4v) is 12.1. The van der Waals surface area contributed by atoms with Gasteiger partial charge in [-0.3, -0.25) is 4.79 Å². The number of hydrogen-bond acceptors (Lipinski definition) is 3. The summed E-state index contributed by atoms with van der Waals surface area (Å²) in [6.45, 7) is 21.1. The highest BCUT2D eigenvalue weighted by molar-refractivity contribution is 5.66. The van der Waals surface area contributed by atoms with Gasteiger partial charge in [0.15, 0.2) is 0 Å². The van der Waals surface area contributed by atoms with Crippen molar-refractivity contribution in [2.24, 2.45) is 56.7 Å². The molecule has 0 aromatic heterocycles. The highest BCUT2D eigenvalue weighted by atomic mass is 16.5. The average Bonchev–Trinajstić information content (AvgIpc) is 3.09. The molecule has 200 valence electrons. The van der Waals surface area contributed by atoms with E-state index in [1.807, 2.05) is 0 Å². The highest BCUT2D eigenvalue weighted by Crippen LogP contribution is 2.77. The summed E-state index contributed by atoms with van der Waals surface area (Å²) in [6.07, 6.45) is 12.7. The van der Waals surface area contributed by atoms with Gasteiger partial charge in [0, 0.05) is 12.3 Å². The fraction of sp³-hybridized carbons (Fsp3) is 0.969. The van der Waals surface area contributed by atoms with Crippen LogP contribution < -0.4 is 0 Å². The van der Waals surface area contributed by atoms with Gasteiger partial charge in [0.25, 0.3) is 0 Å². The second-order valence-corrected chi connectivity index (χ2v) is 16.1. The van der Waals surface area contributed by atoms with E-state index in [0.29, 0.717) is 39.4 Å². The van der Waals surface area contributed by atoms with E-state index < -0.39 is 5.60 Å². The van der Waals surface area contributed by atoms with Crippen LogP contribution in [0.4, 0.5) is 0 Å². The second kappa shape index (κ2) is 7.73. The van der Waals surface area contributed by atoms with Crippen molar-refractivity contribution in [1.82, 2.24) is 0 Å². The summed E-state index contributed by atoms with van der Waals surface area (Å²) < 4.78 is 5.91. The van der Waals surface area contributed by atoms with E-state index >= 15 is 0 Å². The van der Waals surface area contributed by atoms with Crippen molar-refractivity contribution in [3.05, 3.63) is 0 Å². The van der Waals surface area contributed by atoms with Gasteiger partial charge in [-0.15, -0.1) is 0 Å². The number of carbonyl (C=O) groups is 1. The molecule has 1 N–H and O–H groups in total. The van der Waals surface area contributed by atoms with E-state index in [-0.39, 0.29) is 17.5 Å². The normalized spacial score (nSPS) is 53.1. The minimum Gasteiger partial charge on any atom is -0.462 e. The Hall–Kier alpha value is -0.570. The fourth-order valence-electron chi connectivity index (χ4n) is 12.1. The van der Waals surface area contributed by atoms with Gasteiger partial charge in [-0.05, 0) is 129 Å². The number of aliphatic hydroxyl groups is 1. The highest BCUT2D eigenvalue weighted by Gasteiger charge is 2.71. The van der Waals surface area contributed by atoms with E-state index in [0.717, 1.165) is 18.3 Å². The topological polar surface area (TPSA) is 46.5 Å². The van der Waals surface area contributed by atoms with Crippen molar-refractivity contribution in [1.29, 1.82) is 0 Å². The van der Waals surface area contributed by atoms with Crippen LogP contribution >= 0.6 is 0 Å². The Morgan fingerprint density at radius 2 is 1.49 bits per heavy atom. The van der Waals surface area contributed by atoms with E-state index in [1.54, 1.807) is 6.92 Å². The zero-order valence-corrected chi connectivity index (χ0v) is 24.3. The molecule has 5 fully saturated rings. The third-order valence-corrected chi connectivity index (χ3v) is 14.0. The Morgan fingerprint density at radius 3 is 2.11 bits per heavy atom. The largest absolute Gasteiger partial charge is 0.462 e. The van der Waals surface area contributed by atoms with Crippen molar-refractivity contribution in [3.63, 3.8) is 0 Å². The van der Waals surface area contributed by atoms with Crippen LogP contribution in [0, 0.1) is 56.7 Å². The van der Waals surface area contributed by atoms with Gasteiger partial charge in [0.1, 0.15) is 6.10 Å². The first-order valence-electron chi connectivity index (χ1n) is 14.9. The number of hydrogen-bond donors (Lipinski definition) is 1. The van der Waals surface area contributed by atoms with Crippen LogP contribution in [0.5, 0.6) is 0 Å². The van der Waals surface area contributed by atoms with Gasteiger partial charge in [-0.25, -0.2) is 0 Å². The quantitative estimate of drug-likeness (QED) is 0.405. The number of esters is 1. The van der Waals surface area contributed by atoms with Crippen LogP contribution in [-0.4, -0.2) is 22.8 Å². The number of rotatable bonds is 2. The summed E-state index contributed by atoms with van der Waals surface area (Å²) in [5.74, 6) is 3.04. The van der Waals surface area contributed by atoms with E-state index in [4.69, 9.17) is 4.74 Å². The van der Waals surface area contributed by atoms with Gasteiger partial charge >= 0.3 is 5.97 Å². The Morgan fingerprint density at radius 1 is 0.800 bits per heavy atom. The van der Waals surface area contributed by atoms with Gasteiger partial charge < -0.3 is 9.84 Å². The van der Waals surface area contributed by atoms with Crippen molar-refractivity contribution in [2.45, 2.75) is 138 Å². The monoisotopic (exact) mass is 486 g/mol. The third kappa shape index (κ3) is 3.41. The molecule has 3 nitrogen and oxygen atoms in total. The van der Waals surface area contributed by atoms with E-state index in [1.165, 1.54) is 57.8 Å². The van der Waals surface area contributed by atoms with Crippen molar-refractivity contribution >= 4 is 5.97 Å². The first kappa shape index (κ1) is 26.1. The van der Waals surface area contributed by atoms with Crippen LogP contribution in [0.3, 0.4) is 0 Å². The molecule has 5 aliphatic rings. The molecule has 35 heavy (non-hydrogen) atoms. The van der Waals surface area contributed by atoms with Crippen LogP contribution in [0.15, 0.2) is 0 Å². The third-order valence-electron chi connectivity index (χ3n) is 14.0. The summed E-state index contributed by atoms with van der Waals surface area (Å²) >= 11 is 0. The van der Waals surface area contributed by atoms with E-state index in [2.05, 4.69) is 55.4 Å². The predicted octanol–water partition coefficient (Wildman–Crippen LogP) is 7.79. The zero-order valence-electron chi connectivity index (χ0n) is 24.3. The molecule has 0 bridgehead atoms. The minimum atomic E-state index is -0.582. The molecule has 0 saturated heterocycles. The molecule has 0 spiro atoms. The van der Waals surface area contributed by atoms with Gasteiger partial charge in [0.05, 0.1) is 5.60 Å². The molecule has 0 aromatic rings. The summed E-state index contributed by atoms with van der Waals surface area (Å²) in [5.41, 5.74) is 0.857. The summed E-state index contributed by atoms with van der Waals surface area (Å²) in [6, 6.07) is 0. The molecule has 0 aliphatic heterocycles. The van der Waals surface area contributed by atoms with Crippen LogP contribution in [0.1, 0.15) is 127 Å². The molecule has 0 unspecified atom stereocenters. The van der Waals surface area contributed by atoms with Crippen molar-refractivity contribution in [2.75, 3.05) is 0 Å². The zero-order chi connectivity index (χ0) is 25.8. The predicted molar refractivity (Wildman–Crippen MR) is 142 cm³/mol. The number of carbonyl (C=O) groups excluding carboxylic acids is 1. The summed E-state index contributed by atoms with van der Waals surface area (Å²) in [4.78, 5) is 11.9. The molecule has 5 aliphatic carbocycles. The lowest BCUT2D eigenvalue weighted by atomic mass is 9.32. The summed E-state index contributed by atoms with van der Waals surface area (Å²) in [7, 11) is 0. The molecular formula is C32H54O3. The standard InChI is InChI=1S/C32H54O3/c1-20(33)35-25-14-16-30(7)23(27(25,2)3)13-17-32(9)24(30)11-10-22-26-21(28(4,5)34)12-15-29(26,6)18-19-31(22,32)8/h21-26,34H,10-19H2,1-9H3/t21-,22-,23+,24-,25+,26-,29-,30+,31-,32-/m1/s1. The lowest BCUT2D eigenvalue weighted by Crippen LogP contribution is -2.67. The Bertz CT molecular complexity index is 871. The maximum atomic E-state index is 11.9. The van der Waals surface area contributed by atoms with Crippen molar-refractivity contribution in [3.8, 4) is 0 Å².